The van der Waals surface area contributed by atoms with E-state index in [1.54, 1.807) is 0 Å². The zero-order chi connectivity index (χ0) is 25.4. The lowest BCUT2D eigenvalue weighted by Crippen LogP contribution is -2.58. The number of fused-ring (bicyclic) bond motifs is 1. The molecule has 1 heterocycles. The van der Waals surface area contributed by atoms with Crippen molar-refractivity contribution in [3.8, 4) is 0 Å². The summed E-state index contributed by atoms with van der Waals surface area (Å²) in [5, 5.41) is 7.75. The molecule has 3 N–H and O–H groups in total. The summed E-state index contributed by atoms with van der Waals surface area (Å²) in [4.78, 5) is 30.5. The Bertz CT molecular complexity index is 1240. The van der Waals surface area contributed by atoms with E-state index in [1.807, 2.05) is 49.5 Å². The third-order valence-corrected chi connectivity index (χ3v) is 10.4. The van der Waals surface area contributed by atoms with Gasteiger partial charge in [-0.15, -0.1) is 0 Å². The molecule has 4 aliphatic rings. The van der Waals surface area contributed by atoms with Gasteiger partial charge in [0.1, 0.15) is 5.54 Å². The number of amides is 2. The lowest BCUT2D eigenvalue weighted by Gasteiger charge is -2.53. The van der Waals surface area contributed by atoms with Gasteiger partial charge in [0.2, 0.25) is 5.91 Å². The molecule has 194 valence electrons. The molecule has 0 saturated heterocycles. The van der Waals surface area contributed by atoms with Gasteiger partial charge >= 0.3 is 0 Å². The van der Waals surface area contributed by atoms with Crippen LogP contribution in [0.3, 0.4) is 0 Å². The largest absolute Gasteiger partial charge is 0.361 e. The third-order valence-electron chi connectivity index (χ3n) is 9.02. The number of carbonyl (C=O) groups is 2. The molecular formula is C31H37N3O2S. The minimum Gasteiger partial charge on any atom is -0.361 e. The molecule has 0 unspecified atom stereocenters. The number of aromatic amines is 1. The van der Waals surface area contributed by atoms with Gasteiger partial charge in [0, 0.05) is 35.3 Å². The molecule has 1 aromatic heterocycles. The first-order valence-electron chi connectivity index (χ1n) is 13.8. The fraction of sp³-hybridized carbons (Fsp3) is 0.484. The lowest BCUT2D eigenvalue weighted by molar-refractivity contribution is -0.126. The van der Waals surface area contributed by atoms with Crippen LogP contribution in [-0.2, 0) is 17.6 Å². The Morgan fingerprint density at radius 2 is 1.62 bits per heavy atom. The quantitative estimate of drug-likeness (QED) is 0.340. The lowest BCUT2D eigenvalue weighted by atomic mass is 9.56. The third kappa shape index (κ3) is 5.18. The number of carbonyl (C=O) groups excluding carboxylic acids is 2. The molecule has 3 aromatic rings. The fourth-order valence-electron chi connectivity index (χ4n) is 7.45. The number of H-pyrrole nitrogens is 1. The summed E-state index contributed by atoms with van der Waals surface area (Å²) in [7, 11) is 0. The molecule has 37 heavy (non-hydrogen) atoms. The molecule has 0 radical (unpaired) electrons. The van der Waals surface area contributed by atoms with Gasteiger partial charge in [-0.1, -0.05) is 60.3 Å². The summed E-state index contributed by atoms with van der Waals surface area (Å²) in [6.07, 6.45) is 9.69. The molecular weight excluding hydrogens is 478 g/mol. The SMILES string of the molecule is C[C@@](Cc1c[nH]c2ccccc12)(NC(=O)SC1C2CC3CC(C2)CC1C3)C(=O)NCCc1ccccc1. The van der Waals surface area contributed by atoms with Crippen LogP contribution in [0, 0.1) is 23.7 Å². The maximum absolute atomic E-state index is 13.6. The average Bonchev–Trinajstić information content (AvgIpc) is 3.29. The van der Waals surface area contributed by atoms with Crippen molar-refractivity contribution < 1.29 is 9.59 Å². The summed E-state index contributed by atoms with van der Waals surface area (Å²) >= 11 is 1.48. The minimum atomic E-state index is -1.04. The first-order valence-corrected chi connectivity index (χ1v) is 14.7. The van der Waals surface area contributed by atoms with Gasteiger partial charge in [-0.2, -0.15) is 0 Å². The van der Waals surface area contributed by atoms with Crippen LogP contribution in [0.1, 0.15) is 50.2 Å². The number of para-hydroxylation sites is 1. The van der Waals surface area contributed by atoms with Gasteiger partial charge in [0.25, 0.3) is 5.24 Å². The van der Waals surface area contributed by atoms with Gasteiger partial charge < -0.3 is 15.6 Å². The highest BCUT2D eigenvalue weighted by molar-refractivity contribution is 8.14. The molecule has 6 heteroatoms. The van der Waals surface area contributed by atoms with Crippen LogP contribution < -0.4 is 10.6 Å². The Labute approximate surface area is 223 Å². The van der Waals surface area contributed by atoms with Crippen LogP contribution in [-0.4, -0.2) is 33.5 Å². The van der Waals surface area contributed by atoms with Crippen molar-refractivity contribution in [2.24, 2.45) is 23.7 Å². The Balaban J connectivity index is 1.17. The summed E-state index contributed by atoms with van der Waals surface area (Å²) < 4.78 is 0. The van der Waals surface area contributed by atoms with Crippen molar-refractivity contribution in [1.29, 1.82) is 0 Å². The second-order valence-electron chi connectivity index (χ2n) is 11.8. The zero-order valence-electron chi connectivity index (χ0n) is 21.5. The van der Waals surface area contributed by atoms with Gasteiger partial charge in [0.15, 0.2) is 0 Å². The van der Waals surface area contributed by atoms with Crippen LogP contribution in [0.2, 0.25) is 0 Å². The fourth-order valence-corrected chi connectivity index (χ4v) is 8.81. The van der Waals surface area contributed by atoms with Crippen LogP contribution >= 0.6 is 11.8 Å². The van der Waals surface area contributed by atoms with Crippen LogP contribution in [0.5, 0.6) is 0 Å². The average molecular weight is 516 g/mol. The first kappa shape index (κ1) is 24.6. The van der Waals surface area contributed by atoms with Crippen LogP contribution in [0.25, 0.3) is 10.9 Å². The number of aromatic nitrogens is 1. The van der Waals surface area contributed by atoms with Gasteiger partial charge in [-0.05, 0) is 86.3 Å². The molecule has 0 spiro atoms. The van der Waals surface area contributed by atoms with E-state index >= 15 is 0 Å². The van der Waals surface area contributed by atoms with E-state index in [2.05, 4.69) is 33.8 Å². The van der Waals surface area contributed by atoms with E-state index in [4.69, 9.17) is 0 Å². The normalized spacial score (nSPS) is 27.6. The predicted octanol–water partition coefficient (Wildman–Crippen LogP) is 6.10. The van der Waals surface area contributed by atoms with E-state index in [0.29, 0.717) is 30.1 Å². The highest BCUT2D eigenvalue weighted by atomic mass is 32.2. The molecule has 2 aromatic carbocycles. The second-order valence-corrected chi connectivity index (χ2v) is 12.9. The molecule has 4 aliphatic carbocycles. The van der Waals surface area contributed by atoms with Crippen molar-refractivity contribution in [3.63, 3.8) is 0 Å². The second kappa shape index (κ2) is 10.2. The molecule has 1 atom stereocenters. The van der Waals surface area contributed by atoms with Gasteiger partial charge in [-0.25, -0.2) is 0 Å². The highest BCUT2D eigenvalue weighted by Gasteiger charge is 2.49. The Hall–Kier alpha value is -2.73. The Morgan fingerprint density at radius 3 is 2.35 bits per heavy atom. The maximum atomic E-state index is 13.6. The number of rotatable bonds is 8. The van der Waals surface area contributed by atoms with E-state index in [1.165, 1.54) is 49.4 Å². The number of hydrogen-bond acceptors (Lipinski definition) is 3. The summed E-state index contributed by atoms with van der Waals surface area (Å²) in [6, 6.07) is 18.3. The van der Waals surface area contributed by atoms with E-state index in [9.17, 15) is 9.59 Å². The molecule has 4 saturated carbocycles. The van der Waals surface area contributed by atoms with E-state index in [-0.39, 0.29) is 11.1 Å². The number of nitrogens with one attached hydrogen (secondary N) is 3. The standard InChI is InChI=1S/C31H37N3O2S/c1-31(18-25-19-33-27-10-6-5-9-26(25)27,29(35)32-12-11-20-7-3-2-4-8-20)34-30(36)37-28-23-14-21-13-22(16-23)17-24(28)15-21/h2-10,19,21-24,28,33H,11-18H2,1H3,(H,32,35)(H,34,36)/t21?,22?,23?,24?,28?,31-/m0/s1. The molecule has 4 fully saturated rings. The zero-order valence-corrected chi connectivity index (χ0v) is 22.4. The molecule has 7 rings (SSSR count). The van der Waals surface area contributed by atoms with Crippen molar-refractivity contribution in [1.82, 2.24) is 15.6 Å². The summed E-state index contributed by atoms with van der Waals surface area (Å²) in [5.41, 5.74) is 2.22. The van der Waals surface area contributed by atoms with E-state index in [0.717, 1.165) is 34.7 Å². The monoisotopic (exact) mass is 515 g/mol. The Morgan fingerprint density at radius 1 is 0.946 bits per heavy atom. The summed E-state index contributed by atoms with van der Waals surface area (Å²) in [6.45, 7) is 2.41. The minimum absolute atomic E-state index is 0.0574. The van der Waals surface area contributed by atoms with Crippen molar-refractivity contribution in [2.75, 3.05) is 6.54 Å². The van der Waals surface area contributed by atoms with Crippen molar-refractivity contribution in [2.45, 2.75) is 62.7 Å². The topological polar surface area (TPSA) is 74.0 Å². The van der Waals surface area contributed by atoms with E-state index < -0.39 is 5.54 Å². The van der Waals surface area contributed by atoms with Crippen molar-refractivity contribution >= 4 is 33.8 Å². The van der Waals surface area contributed by atoms with Crippen LogP contribution in [0.15, 0.2) is 60.8 Å². The highest BCUT2D eigenvalue weighted by Crippen LogP contribution is 2.57. The van der Waals surface area contributed by atoms with Gasteiger partial charge in [-0.3, -0.25) is 9.59 Å². The first-order chi connectivity index (χ1) is 18.0. The molecule has 4 bridgehead atoms. The maximum Gasteiger partial charge on any atom is 0.280 e. The van der Waals surface area contributed by atoms with Gasteiger partial charge in [0.05, 0.1) is 0 Å². The molecule has 5 nitrogen and oxygen atoms in total. The smallest absolute Gasteiger partial charge is 0.280 e. The summed E-state index contributed by atoms with van der Waals surface area (Å²) in [5.74, 6) is 2.95. The number of thioether (sulfide) groups is 1. The van der Waals surface area contributed by atoms with Crippen LogP contribution in [0.4, 0.5) is 4.79 Å². The van der Waals surface area contributed by atoms with Crippen molar-refractivity contribution in [3.05, 3.63) is 71.9 Å². The predicted molar refractivity (Wildman–Crippen MR) is 151 cm³/mol. The number of benzene rings is 2. The molecule has 0 aliphatic heterocycles. The molecule has 2 amide bonds. The Kier molecular flexibility index (Phi) is 6.78. The number of hydrogen-bond donors (Lipinski definition) is 3.